The van der Waals surface area contributed by atoms with E-state index in [4.69, 9.17) is 4.74 Å². The summed E-state index contributed by atoms with van der Waals surface area (Å²) >= 11 is 2.01. The summed E-state index contributed by atoms with van der Waals surface area (Å²) in [6, 6.07) is 4.85. The minimum Gasteiger partial charge on any atom is -0.507 e. The van der Waals surface area contributed by atoms with Crippen LogP contribution in [-0.2, 0) is 4.74 Å². The van der Waals surface area contributed by atoms with Gasteiger partial charge in [0.05, 0.1) is 9.17 Å². The molecule has 0 aliphatic heterocycles. The number of carbonyl (C=O) groups is 1. The third-order valence-electron chi connectivity index (χ3n) is 2.42. The first-order valence-electron chi connectivity index (χ1n) is 5.76. The fourth-order valence-electron chi connectivity index (χ4n) is 1.49. The minimum atomic E-state index is -0.393. The molecule has 0 aliphatic carbocycles. The Labute approximate surface area is 121 Å². The van der Waals surface area contributed by atoms with Crippen molar-refractivity contribution in [2.24, 2.45) is 0 Å². The largest absolute Gasteiger partial charge is 0.507 e. The number of amides is 1. The van der Waals surface area contributed by atoms with Crippen LogP contribution < -0.4 is 5.32 Å². The van der Waals surface area contributed by atoms with Crippen LogP contribution in [0.15, 0.2) is 18.2 Å². The van der Waals surface area contributed by atoms with Gasteiger partial charge in [0.1, 0.15) is 5.75 Å². The number of halogens is 1. The number of ether oxygens (including phenoxy) is 1. The quantitative estimate of drug-likeness (QED) is 0.791. The zero-order chi connectivity index (χ0) is 13.8. The molecule has 5 heteroatoms. The molecule has 0 unspecified atom stereocenters. The molecule has 0 bridgehead atoms. The normalized spacial score (nSPS) is 11.3. The van der Waals surface area contributed by atoms with Crippen LogP contribution >= 0.6 is 22.6 Å². The van der Waals surface area contributed by atoms with Crippen molar-refractivity contribution in [1.82, 2.24) is 5.32 Å². The van der Waals surface area contributed by atoms with Gasteiger partial charge in [0.2, 0.25) is 0 Å². The van der Waals surface area contributed by atoms with E-state index in [-0.39, 0.29) is 11.7 Å². The Morgan fingerprint density at radius 3 is 2.72 bits per heavy atom. The van der Waals surface area contributed by atoms with Gasteiger partial charge in [-0.2, -0.15) is 0 Å². The van der Waals surface area contributed by atoms with Crippen LogP contribution in [-0.4, -0.2) is 29.8 Å². The van der Waals surface area contributed by atoms with Gasteiger partial charge in [-0.1, -0.05) is 0 Å². The molecule has 1 amide bonds. The van der Waals surface area contributed by atoms with E-state index in [9.17, 15) is 9.90 Å². The molecule has 1 rings (SSSR count). The maximum atomic E-state index is 11.9. The fourth-order valence-corrected chi connectivity index (χ4v) is 1.83. The molecule has 0 heterocycles. The Balaban J connectivity index is 2.63. The molecule has 2 N–H and O–H groups in total. The number of hydrogen-bond acceptors (Lipinski definition) is 3. The van der Waals surface area contributed by atoms with E-state index in [1.807, 2.05) is 43.4 Å². The van der Waals surface area contributed by atoms with Crippen LogP contribution in [0.1, 0.15) is 31.1 Å². The topological polar surface area (TPSA) is 58.6 Å². The van der Waals surface area contributed by atoms with Gasteiger partial charge in [0, 0.05) is 18.7 Å². The summed E-state index contributed by atoms with van der Waals surface area (Å²) in [4.78, 5) is 11.9. The lowest BCUT2D eigenvalue weighted by atomic mass is 10.1. The van der Waals surface area contributed by atoms with Crippen molar-refractivity contribution in [3.05, 3.63) is 27.3 Å². The van der Waals surface area contributed by atoms with Gasteiger partial charge in [-0.25, -0.2) is 0 Å². The minimum absolute atomic E-state index is 0.118. The number of nitrogens with one attached hydrogen (secondary N) is 1. The second kappa shape index (κ2) is 6.38. The highest BCUT2D eigenvalue weighted by molar-refractivity contribution is 14.1. The lowest BCUT2D eigenvalue weighted by molar-refractivity contribution is -0.00815. The number of benzene rings is 1. The SMILES string of the molecule is CCOC(C)(C)CNC(=O)c1ccc(I)c(O)c1. The second-order valence-electron chi connectivity index (χ2n) is 4.54. The average molecular weight is 363 g/mol. The molecule has 1 aromatic carbocycles. The van der Waals surface area contributed by atoms with E-state index < -0.39 is 5.60 Å². The first kappa shape index (κ1) is 15.2. The lowest BCUT2D eigenvalue weighted by Gasteiger charge is -2.24. The van der Waals surface area contributed by atoms with Crippen LogP contribution in [0.4, 0.5) is 0 Å². The molecule has 100 valence electrons. The fraction of sp³-hybridized carbons (Fsp3) is 0.462. The molecule has 0 atom stereocenters. The molecular formula is C13H18INO3. The number of aromatic hydroxyl groups is 1. The number of rotatable bonds is 5. The molecule has 1 aromatic rings. The van der Waals surface area contributed by atoms with E-state index in [0.717, 1.165) is 3.57 Å². The standard InChI is InChI=1S/C13H18INO3/c1-4-18-13(2,3)8-15-12(17)9-5-6-10(14)11(16)7-9/h5-7,16H,4,8H2,1-3H3,(H,15,17). The van der Waals surface area contributed by atoms with E-state index in [0.29, 0.717) is 18.7 Å². The van der Waals surface area contributed by atoms with E-state index in [2.05, 4.69) is 5.32 Å². The highest BCUT2D eigenvalue weighted by Gasteiger charge is 2.19. The molecule has 0 saturated carbocycles. The molecule has 0 aliphatic rings. The van der Waals surface area contributed by atoms with Crippen molar-refractivity contribution in [2.45, 2.75) is 26.4 Å². The zero-order valence-electron chi connectivity index (χ0n) is 10.8. The zero-order valence-corrected chi connectivity index (χ0v) is 12.9. The monoisotopic (exact) mass is 363 g/mol. The van der Waals surface area contributed by atoms with Gasteiger partial charge in [0.15, 0.2) is 0 Å². The highest BCUT2D eigenvalue weighted by atomic mass is 127. The Hall–Kier alpha value is -0.820. The Bertz CT molecular complexity index is 432. The van der Waals surface area contributed by atoms with E-state index >= 15 is 0 Å². The van der Waals surface area contributed by atoms with Crippen LogP contribution in [0.3, 0.4) is 0 Å². The van der Waals surface area contributed by atoms with Gasteiger partial charge < -0.3 is 15.2 Å². The second-order valence-corrected chi connectivity index (χ2v) is 5.70. The van der Waals surface area contributed by atoms with Gasteiger partial charge in [-0.05, 0) is 61.6 Å². The average Bonchev–Trinajstić information content (AvgIpc) is 2.30. The molecule has 18 heavy (non-hydrogen) atoms. The Morgan fingerprint density at radius 2 is 2.17 bits per heavy atom. The smallest absolute Gasteiger partial charge is 0.251 e. The van der Waals surface area contributed by atoms with Gasteiger partial charge in [-0.3, -0.25) is 4.79 Å². The molecule has 0 fully saturated rings. The number of carbonyl (C=O) groups excluding carboxylic acids is 1. The van der Waals surface area contributed by atoms with Crippen LogP contribution in [0, 0.1) is 3.57 Å². The summed E-state index contributed by atoms with van der Waals surface area (Å²) < 4.78 is 6.21. The number of phenolic OH excluding ortho intramolecular Hbond substituents is 1. The third kappa shape index (κ3) is 4.45. The molecule has 0 aromatic heterocycles. The van der Waals surface area contributed by atoms with Crippen molar-refractivity contribution in [3.8, 4) is 5.75 Å². The maximum Gasteiger partial charge on any atom is 0.251 e. The van der Waals surface area contributed by atoms with Crippen LogP contribution in [0.2, 0.25) is 0 Å². The van der Waals surface area contributed by atoms with Crippen molar-refractivity contribution in [1.29, 1.82) is 0 Å². The van der Waals surface area contributed by atoms with Gasteiger partial charge in [0.25, 0.3) is 5.91 Å². The predicted octanol–water partition coefficient (Wildman–Crippen LogP) is 2.54. The summed E-state index contributed by atoms with van der Waals surface area (Å²) in [6.07, 6.45) is 0. The molecule has 4 nitrogen and oxygen atoms in total. The van der Waals surface area contributed by atoms with E-state index in [1.54, 1.807) is 12.1 Å². The first-order valence-corrected chi connectivity index (χ1v) is 6.84. The Kier molecular flexibility index (Phi) is 5.40. The third-order valence-corrected chi connectivity index (χ3v) is 3.33. The van der Waals surface area contributed by atoms with Crippen molar-refractivity contribution >= 4 is 28.5 Å². The lowest BCUT2D eigenvalue weighted by Crippen LogP contribution is -2.40. The maximum absolute atomic E-state index is 11.9. The highest BCUT2D eigenvalue weighted by Crippen LogP contribution is 2.20. The summed E-state index contributed by atoms with van der Waals surface area (Å²) in [6.45, 7) is 6.78. The van der Waals surface area contributed by atoms with Crippen LogP contribution in [0.25, 0.3) is 0 Å². The summed E-state index contributed by atoms with van der Waals surface area (Å²) in [5.41, 5.74) is 0.0514. The van der Waals surface area contributed by atoms with Crippen molar-refractivity contribution < 1.29 is 14.6 Å². The number of phenols is 1. The molecule has 0 spiro atoms. The predicted molar refractivity (Wildman–Crippen MR) is 78.9 cm³/mol. The number of hydrogen-bond donors (Lipinski definition) is 2. The summed E-state index contributed by atoms with van der Waals surface area (Å²) in [5, 5.41) is 12.3. The first-order chi connectivity index (χ1) is 8.35. The molecule has 0 radical (unpaired) electrons. The van der Waals surface area contributed by atoms with Crippen molar-refractivity contribution in [3.63, 3.8) is 0 Å². The summed E-state index contributed by atoms with van der Waals surface area (Å²) in [7, 11) is 0. The molecule has 0 saturated heterocycles. The van der Waals surface area contributed by atoms with Crippen molar-refractivity contribution in [2.75, 3.05) is 13.2 Å². The Morgan fingerprint density at radius 1 is 1.50 bits per heavy atom. The van der Waals surface area contributed by atoms with E-state index in [1.165, 1.54) is 6.07 Å². The molecular weight excluding hydrogens is 345 g/mol. The van der Waals surface area contributed by atoms with Gasteiger partial charge in [-0.15, -0.1) is 0 Å². The summed E-state index contributed by atoms with van der Waals surface area (Å²) in [5.74, 6) is -0.0956. The van der Waals surface area contributed by atoms with Gasteiger partial charge >= 0.3 is 0 Å². The van der Waals surface area contributed by atoms with Crippen LogP contribution in [0.5, 0.6) is 5.75 Å².